The van der Waals surface area contributed by atoms with Crippen molar-refractivity contribution < 1.29 is 81.1 Å². The van der Waals surface area contributed by atoms with E-state index in [1.807, 2.05) is 6.92 Å². The molecule has 4 N–H and O–H groups in total. The Hall–Kier alpha value is -1.85. The number of aliphatic hydroxyl groups is 4. The number of allylic oxidation sites excluding steroid dienone is 1. The van der Waals surface area contributed by atoms with E-state index >= 15 is 0 Å². The first-order valence-electron chi connectivity index (χ1n) is 5.30. The molecule has 0 unspecified atom stereocenters. The van der Waals surface area contributed by atoms with Gasteiger partial charge in [-0.15, -0.1) is 6.58 Å². The van der Waals surface area contributed by atoms with E-state index < -0.39 is 50.3 Å². The van der Waals surface area contributed by atoms with Crippen LogP contribution in [0.2, 0.25) is 0 Å². The maximum Gasteiger partial charge on any atom is 4.00 e. The number of aliphatic carboxylic acids is 4. The van der Waals surface area contributed by atoms with Gasteiger partial charge in [0.15, 0.2) is 0 Å². The Morgan fingerprint density at radius 1 is 0.708 bits per heavy atom. The van der Waals surface area contributed by atoms with Crippen LogP contribution in [0.5, 0.6) is 0 Å². The van der Waals surface area contributed by atoms with Crippen molar-refractivity contribution in [1.82, 2.24) is 0 Å². The van der Waals surface area contributed by atoms with Crippen molar-refractivity contribution in [2.24, 2.45) is 0 Å². The molecule has 0 aromatic rings. The summed E-state index contributed by atoms with van der Waals surface area (Å²) in [5.74, 6) is -5.76. The van der Waals surface area contributed by atoms with Gasteiger partial charge in [0.2, 0.25) is 0 Å². The van der Waals surface area contributed by atoms with Crippen LogP contribution in [-0.4, -0.2) is 70.7 Å². The minimum absolute atomic E-state index is 0. The zero-order valence-electron chi connectivity index (χ0n) is 12.6. The van der Waals surface area contributed by atoms with Crippen LogP contribution in [0.3, 0.4) is 0 Å². The molecular weight excluding hydrogens is 420 g/mol. The van der Waals surface area contributed by atoms with Crippen molar-refractivity contribution in [3.63, 3.8) is 0 Å². The molecule has 0 radical (unpaired) electrons. The first kappa shape index (κ1) is 38.0. The molecule has 12 nitrogen and oxygen atoms in total. The number of carboxylic acid groups (broad SMARTS) is 4. The van der Waals surface area contributed by atoms with Crippen LogP contribution < -0.4 is 20.4 Å². The van der Waals surface area contributed by atoms with E-state index in [0.29, 0.717) is 0 Å². The summed E-state index contributed by atoms with van der Waals surface area (Å²) in [6.45, 7) is 1.69. The van der Waals surface area contributed by atoms with Crippen molar-refractivity contribution >= 4 is 23.9 Å². The Labute approximate surface area is 151 Å². The molecule has 0 bridgehead atoms. The number of hydrogen-bond acceptors (Lipinski definition) is 12. The molecule has 0 aromatic carbocycles. The summed E-state index contributed by atoms with van der Waals surface area (Å²) in [5, 5.41) is 66.0. The summed E-state index contributed by atoms with van der Waals surface area (Å²) in [6, 6.07) is 0. The van der Waals surface area contributed by atoms with E-state index in [2.05, 4.69) is 6.58 Å². The molecule has 0 aliphatic carbocycles. The smallest absolute Gasteiger partial charge is 0.548 e. The van der Waals surface area contributed by atoms with Gasteiger partial charge in [-0.05, 0) is 6.92 Å². The molecule has 0 amide bonds. The predicted octanol–water partition coefficient (Wildman–Crippen LogP) is -7.90. The number of aliphatic hydroxyl groups excluding tert-OH is 4. The van der Waals surface area contributed by atoms with Crippen LogP contribution >= 0.6 is 0 Å². The van der Waals surface area contributed by atoms with E-state index in [9.17, 15) is 0 Å². The van der Waals surface area contributed by atoms with Crippen molar-refractivity contribution in [3.05, 3.63) is 12.7 Å². The van der Waals surface area contributed by atoms with Crippen molar-refractivity contribution in [3.8, 4) is 0 Å². The molecule has 0 saturated carbocycles. The predicted molar refractivity (Wildman–Crippen MR) is 64.2 cm³/mol. The van der Waals surface area contributed by atoms with Crippen LogP contribution in [0.15, 0.2) is 12.7 Å². The third kappa shape index (κ3) is 195. The van der Waals surface area contributed by atoms with Gasteiger partial charge in [-0.1, -0.05) is 6.08 Å². The zero-order chi connectivity index (χ0) is 19.8. The average molecular weight is 438 g/mol. The van der Waals surface area contributed by atoms with E-state index in [1.165, 1.54) is 0 Å². The molecule has 13 heteroatoms. The zero-order valence-corrected chi connectivity index (χ0v) is 14.6. The Balaban J connectivity index is -0.0000000422. The van der Waals surface area contributed by atoms with Crippen LogP contribution in [0, 0.1) is 0 Å². The molecule has 0 heterocycles. The molecule has 140 valence electrons. The third-order valence-electron chi connectivity index (χ3n) is 0.516. The largest absolute Gasteiger partial charge is 4.00 e. The Kier molecular flexibility index (Phi) is 59.2. The topological polar surface area (TPSA) is 241 Å². The minimum atomic E-state index is -1.44. The van der Waals surface area contributed by atoms with Gasteiger partial charge < -0.3 is 60.0 Å². The Bertz CT molecular complexity index is 262. The summed E-state index contributed by atoms with van der Waals surface area (Å²) in [4.78, 5) is 36.0. The van der Waals surface area contributed by atoms with Crippen LogP contribution in [-0.2, 0) is 40.2 Å². The molecule has 24 heavy (non-hydrogen) atoms. The van der Waals surface area contributed by atoms with Gasteiger partial charge in [0.25, 0.3) is 0 Å². The molecule has 0 fully saturated rings. The second-order valence-electron chi connectivity index (χ2n) is 2.53. The first-order valence-corrected chi connectivity index (χ1v) is 5.30. The summed E-state index contributed by atoms with van der Waals surface area (Å²) in [6.07, 6.45) is 1.75. The summed E-state index contributed by atoms with van der Waals surface area (Å²) < 4.78 is 0. The fourth-order valence-corrected chi connectivity index (χ4v) is 0. The second-order valence-corrected chi connectivity index (χ2v) is 2.53. The quantitative estimate of drug-likeness (QED) is 0.236. The summed E-state index contributed by atoms with van der Waals surface area (Å²) in [5.41, 5.74) is 0. The van der Waals surface area contributed by atoms with Gasteiger partial charge in [0.05, 0.1) is 50.3 Å². The maximum atomic E-state index is 9.01. The second kappa shape index (κ2) is 37.4. The molecule has 0 aromatic heterocycles. The SMILES string of the molecule is C=CC.O=C([O-])CO.O=C([O-])CO.O=C([O-])CO.O=C([O-])CO.[Mo+4]. The fraction of sp³-hybridized carbons (Fsp3) is 0.455. The third-order valence-corrected chi connectivity index (χ3v) is 0.516. The molecule has 0 rings (SSSR count). The van der Waals surface area contributed by atoms with Crippen molar-refractivity contribution in [2.75, 3.05) is 26.4 Å². The van der Waals surface area contributed by atoms with E-state index in [4.69, 9.17) is 60.0 Å². The fourth-order valence-electron chi connectivity index (χ4n) is 0. The Morgan fingerprint density at radius 3 is 0.750 bits per heavy atom. The van der Waals surface area contributed by atoms with Gasteiger partial charge in [-0.25, -0.2) is 0 Å². The van der Waals surface area contributed by atoms with Crippen LogP contribution in [0.25, 0.3) is 0 Å². The van der Waals surface area contributed by atoms with Gasteiger partial charge >= 0.3 is 21.1 Å². The van der Waals surface area contributed by atoms with E-state index in [0.717, 1.165) is 0 Å². The Morgan fingerprint density at radius 2 is 0.750 bits per heavy atom. The van der Waals surface area contributed by atoms with E-state index in [-0.39, 0.29) is 21.1 Å². The number of carbonyl (C=O) groups is 4. The monoisotopic (exact) mass is 440 g/mol. The van der Waals surface area contributed by atoms with Gasteiger partial charge in [0.1, 0.15) is 0 Å². The number of rotatable bonds is 4. The summed E-state index contributed by atoms with van der Waals surface area (Å²) >= 11 is 0. The van der Waals surface area contributed by atoms with Gasteiger partial charge in [0, 0.05) is 0 Å². The van der Waals surface area contributed by atoms with Crippen molar-refractivity contribution in [1.29, 1.82) is 0 Å². The normalized spacial score (nSPS) is 6.71. The molecule has 0 atom stereocenters. The van der Waals surface area contributed by atoms with Gasteiger partial charge in [-0.2, -0.15) is 0 Å². The minimum Gasteiger partial charge on any atom is -0.548 e. The number of carbonyl (C=O) groups excluding carboxylic acids is 4. The molecule has 0 saturated heterocycles. The molecule has 0 spiro atoms. The number of hydrogen-bond donors (Lipinski definition) is 4. The molecule has 0 aliphatic rings. The van der Waals surface area contributed by atoms with Crippen LogP contribution in [0.1, 0.15) is 6.92 Å². The standard InChI is InChI=1S/C3H6.4C2H4O3.Mo/c1-3-2;4*3-1-2(4)5;/h3H,1H2,2H3;4*3H,1H2,(H,4,5);/q;;;;;+4/p-4. The van der Waals surface area contributed by atoms with E-state index in [1.54, 1.807) is 6.08 Å². The van der Waals surface area contributed by atoms with Crippen LogP contribution in [0.4, 0.5) is 0 Å². The number of carboxylic acids is 4. The first-order chi connectivity index (χ1) is 10.5. The summed E-state index contributed by atoms with van der Waals surface area (Å²) in [7, 11) is 0. The molecular formula is C11H18MoO12. The van der Waals surface area contributed by atoms with Gasteiger partial charge in [-0.3, -0.25) is 0 Å². The molecule has 0 aliphatic heterocycles. The average Bonchev–Trinajstić information content (AvgIpc) is 2.49. The van der Waals surface area contributed by atoms with Crippen molar-refractivity contribution in [2.45, 2.75) is 6.92 Å². The maximum absolute atomic E-state index is 9.01.